The van der Waals surface area contributed by atoms with Crippen LogP contribution in [0.5, 0.6) is 0 Å². The largest absolute Gasteiger partial charge is 0.480 e. The number of fused-ring (bicyclic) bond motifs is 1. The first-order valence-electron chi connectivity index (χ1n) is 6.68. The number of carbonyl (C=O) groups is 1. The Kier molecular flexibility index (Phi) is 3.14. The van der Waals surface area contributed by atoms with Crippen LogP contribution in [0.2, 0.25) is 0 Å². The molecule has 0 bridgehead atoms. The summed E-state index contributed by atoms with van der Waals surface area (Å²) in [4.78, 5) is 22.0. The number of benzene rings is 1. The van der Waals surface area contributed by atoms with Crippen molar-refractivity contribution in [2.75, 3.05) is 17.2 Å². The highest BCUT2D eigenvalue weighted by Crippen LogP contribution is 2.28. The minimum atomic E-state index is -0.834. The number of para-hydroxylation sites is 2. The fourth-order valence-electron chi connectivity index (χ4n) is 2.66. The van der Waals surface area contributed by atoms with Gasteiger partial charge in [-0.05, 0) is 31.4 Å². The average Bonchev–Trinajstić information content (AvgIpc) is 2.46. The van der Waals surface area contributed by atoms with Crippen LogP contribution >= 0.6 is 0 Å². The molecule has 0 radical (unpaired) electrons. The Morgan fingerprint density at radius 2 is 1.95 bits per heavy atom. The lowest BCUT2D eigenvalue weighted by atomic mass is 10.0. The Bertz CT molecular complexity index is 659. The second-order valence-corrected chi connectivity index (χ2v) is 4.96. The standard InChI is InChI=1S/C14H16N4O2/c15-12-13(17-10-6-2-1-5-9(10)16-12)18-8-4-3-7-11(18)14(19)20/h1-2,5-6,11H,3-4,7-8H2,(H2,15,16)(H,19,20)/t11-/m1/s1. The van der Waals surface area contributed by atoms with Crippen molar-refractivity contribution in [3.63, 3.8) is 0 Å². The number of anilines is 2. The zero-order valence-electron chi connectivity index (χ0n) is 11.0. The molecule has 6 nitrogen and oxygen atoms in total. The molecule has 1 aliphatic heterocycles. The van der Waals surface area contributed by atoms with Crippen molar-refractivity contribution in [1.82, 2.24) is 9.97 Å². The predicted molar refractivity (Wildman–Crippen MR) is 76.6 cm³/mol. The number of rotatable bonds is 2. The maximum Gasteiger partial charge on any atom is 0.326 e. The van der Waals surface area contributed by atoms with Gasteiger partial charge in [-0.2, -0.15) is 0 Å². The minimum absolute atomic E-state index is 0.289. The first-order valence-corrected chi connectivity index (χ1v) is 6.68. The van der Waals surface area contributed by atoms with E-state index in [-0.39, 0.29) is 5.82 Å². The third kappa shape index (κ3) is 2.13. The molecule has 1 aliphatic rings. The van der Waals surface area contributed by atoms with Gasteiger partial charge in [-0.3, -0.25) is 0 Å². The van der Waals surface area contributed by atoms with Crippen LogP contribution < -0.4 is 10.6 Å². The van der Waals surface area contributed by atoms with Crippen molar-refractivity contribution in [3.05, 3.63) is 24.3 Å². The molecule has 0 spiro atoms. The second kappa shape index (κ2) is 4.96. The number of piperidine rings is 1. The van der Waals surface area contributed by atoms with Crippen molar-refractivity contribution in [2.24, 2.45) is 0 Å². The van der Waals surface area contributed by atoms with E-state index >= 15 is 0 Å². The second-order valence-electron chi connectivity index (χ2n) is 4.96. The Hall–Kier alpha value is -2.37. The van der Waals surface area contributed by atoms with Gasteiger partial charge < -0.3 is 15.7 Å². The molecule has 0 amide bonds. The monoisotopic (exact) mass is 272 g/mol. The van der Waals surface area contributed by atoms with E-state index in [4.69, 9.17) is 5.73 Å². The van der Waals surface area contributed by atoms with Crippen molar-refractivity contribution in [1.29, 1.82) is 0 Å². The molecule has 0 unspecified atom stereocenters. The molecule has 3 N–H and O–H groups in total. The number of aromatic nitrogens is 2. The highest BCUT2D eigenvalue weighted by atomic mass is 16.4. The van der Waals surface area contributed by atoms with Crippen molar-refractivity contribution < 1.29 is 9.90 Å². The van der Waals surface area contributed by atoms with Gasteiger partial charge in [-0.15, -0.1) is 0 Å². The molecule has 2 aromatic rings. The average molecular weight is 272 g/mol. The topological polar surface area (TPSA) is 92.3 Å². The number of hydrogen-bond acceptors (Lipinski definition) is 5. The number of nitrogen functional groups attached to an aromatic ring is 1. The van der Waals surface area contributed by atoms with Gasteiger partial charge >= 0.3 is 5.97 Å². The summed E-state index contributed by atoms with van der Waals surface area (Å²) in [6, 6.07) is 6.87. The SMILES string of the molecule is Nc1nc2ccccc2nc1N1CCCC[C@@H]1C(=O)O. The van der Waals surface area contributed by atoms with Crippen LogP contribution in [0.4, 0.5) is 11.6 Å². The fraction of sp³-hybridized carbons (Fsp3) is 0.357. The molecule has 1 atom stereocenters. The van der Waals surface area contributed by atoms with Gasteiger partial charge in [0.1, 0.15) is 6.04 Å². The lowest BCUT2D eigenvalue weighted by molar-refractivity contribution is -0.139. The number of aliphatic carboxylic acids is 1. The zero-order valence-corrected chi connectivity index (χ0v) is 11.0. The summed E-state index contributed by atoms with van der Waals surface area (Å²) < 4.78 is 0. The quantitative estimate of drug-likeness (QED) is 0.863. The van der Waals surface area contributed by atoms with Crippen LogP contribution in [0.25, 0.3) is 11.0 Å². The summed E-state index contributed by atoms with van der Waals surface area (Å²) in [6.07, 6.45) is 2.47. The Morgan fingerprint density at radius 1 is 1.25 bits per heavy atom. The molecular weight excluding hydrogens is 256 g/mol. The lowest BCUT2D eigenvalue weighted by Gasteiger charge is -2.34. The van der Waals surface area contributed by atoms with E-state index in [2.05, 4.69) is 9.97 Å². The molecule has 0 aliphatic carbocycles. The van der Waals surface area contributed by atoms with Crippen LogP contribution in [0.1, 0.15) is 19.3 Å². The molecule has 104 valence electrons. The Balaban J connectivity index is 2.07. The van der Waals surface area contributed by atoms with E-state index in [1.165, 1.54) is 0 Å². The number of nitrogens with zero attached hydrogens (tertiary/aromatic N) is 3. The third-order valence-corrected chi connectivity index (χ3v) is 3.64. The number of carboxylic acid groups (broad SMARTS) is 1. The van der Waals surface area contributed by atoms with Gasteiger partial charge in [0, 0.05) is 6.54 Å². The minimum Gasteiger partial charge on any atom is -0.480 e. The summed E-state index contributed by atoms with van der Waals surface area (Å²) in [5.74, 6) is -0.0632. The molecular formula is C14H16N4O2. The van der Waals surface area contributed by atoms with Gasteiger partial charge in [0.15, 0.2) is 11.6 Å². The molecule has 6 heteroatoms. The summed E-state index contributed by atoms with van der Waals surface area (Å²) >= 11 is 0. The number of hydrogen-bond donors (Lipinski definition) is 2. The lowest BCUT2D eigenvalue weighted by Crippen LogP contribution is -2.45. The van der Waals surface area contributed by atoms with Crippen LogP contribution in [-0.4, -0.2) is 33.6 Å². The van der Waals surface area contributed by atoms with E-state index < -0.39 is 12.0 Å². The maximum absolute atomic E-state index is 11.4. The number of nitrogens with two attached hydrogens (primary N) is 1. The molecule has 0 saturated carbocycles. The molecule has 1 aromatic heterocycles. The molecule has 1 aromatic carbocycles. The first kappa shape index (κ1) is 12.7. The normalized spacial score (nSPS) is 19.2. The summed E-state index contributed by atoms with van der Waals surface area (Å²) in [6.45, 7) is 0.647. The summed E-state index contributed by atoms with van der Waals surface area (Å²) in [5, 5.41) is 9.34. The highest BCUT2D eigenvalue weighted by molar-refractivity contribution is 5.83. The smallest absolute Gasteiger partial charge is 0.326 e. The maximum atomic E-state index is 11.4. The van der Waals surface area contributed by atoms with Gasteiger partial charge in [-0.25, -0.2) is 14.8 Å². The zero-order chi connectivity index (χ0) is 14.1. The molecule has 2 heterocycles. The molecule has 3 rings (SSSR count). The van der Waals surface area contributed by atoms with Gasteiger partial charge in [0.2, 0.25) is 0 Å². The van der Waals surface area contributed by atoms with E-state index in [0.717, 1.165) is 23.9 Å². The fourth-order valence-corrected chi connectivity index (χ4v) is 2.66. The Morgan fingerprint density at radius 3 is 2.65 bits per heavy atom. The van der Waals surface area contributed by atoms with Gasteiger partial charge in [0.05, 0.1) is 11.0 Å². The number of carboxylic acids is 1. The van der Waals surface area contributed by atoms with E-state index in [0.29, 0.717) is 18.8 Å². The van der Waals surface area contributed by atoms with Crippen molar-refractivity contribution in [3.8, 4) is 0 Å². The van der Waals surface area contributed by atoms with Gasteiger partial charge in [0.25, 0.3) is 0 Å². The molecule has 1 fully saturated rings. The predicted octanol–water partition coefficient (Wildman–Crippen LogP) is 1.66. The van der Waals surface area contributed by atoms with Crippen LogP contribution in [0.3, 0.4) is 0 Å². The van der Waals surface area contributed by atoms with Crippen molar-refractivity contribution >= 4 is 28.6 Å². The van der Waals surface area contributed by atoms with Crippen LogP contribution in [-0.2, 0) is 4.79 Å². The summed E-state index contributed by atoms with van der Waals surface area (Å²) in [7, 11) is 0. The van der Waals surface area contributed by atoms with E-state index in [1.807, 2.05) is 24.3 Å². The van der Waals surface area contributed by atoms with Gasteiger partial charge in [-0.1, -0.05) is 12.1 Å². The van der Waals surface area contributed by atoms with E-state index in [9.17, 15) is 9.90 Å². The highest BCUT2D eigenvalue weighted by Gasteiger charge is 2.31. The van der Waals surface area contributed by atoms with Crippen LogP contribution in [0.15, 0.2) is 24.3 Å². The van der Waals surface area contributed by atoms with Crippen molar-refractivity contribution in [2.45, 2.75) is 25.3 Å². The molecule has 1 saturated heterocycles. The molecule has 20 heavy (non-hydrogen) atoms. The van der Waals surface area contributed by atoms with E-state index in [1.54, 1.807) is 4.90 Å². The Labute approximate surface area is 116 Å². The first-order chi connectivity index (χ1) is 9.66. The third-order valence-electron chi connectivity index (χ3n) is 3.64. The summed E-state index contributed by atoms with van der Waals surface area (Å²) in [5.41, 5.74) is 7.42. The van der Waals surface area contributed by atoms with Crippen LogP contribution in [0, 0.1) is 0 Å².